The van der Waals surface area contributed by atoms with Gasteiger partial charge in [0.2, 0.25) is 0 Å². The Morgan fingerprint density at radius 1 is 1.20 bits per heavy atom. The molecule has 1 aliphatic rings. The summed E-state index contributed by atoms with van der Waals surface area (Å²) in [6.07, 6.45) is 1.58. The number of fused-ring (bicyclic) bond motifs is 1. The van der Waals surface area contributed by atoms with Gasteiger partial charge in [-0.15, -0.1) is 0 Å². The lowest BCUT2D eigenvalue weighted by Gasteiger charge is -2.33. The number of piperidine rings is 1. The van der Waals surface area contributed by atoms with Gasteiger partial charge in [0.05, 0.1) is 24.1 Å². The Morgan fingerprint density at radius 3 is 2.63 bits per heavy atom. The van der Waals surface area contributed by atoms with Crippen LogP contribution in [0.5, 0.6) is 0 Å². The molecule has 30 heavy (non-hydrogen) atoms. The van der Waals surface area contributed by atoms with Gasteiger partial charge in [-0.25, -0.2) is 9.78 Å². The lowest BCUT2D eigenvalue weighted by molar-refractivity contribution is -0.142. The first kappa shape index (κ1) is 21.6. The Kier molecular flexibility index (Phi) is 7.26. The average Bonchev–Trinajstić information content (AvgIpc) is 2.74. The highest BCUT2D eigenvalue weighted by Crippen LogP contribution is 2.18. The third-order valence-corrected chi connectivity index (χ3v) is 5.20. The Morgan fingerprint density at radius 2 is 1.93 bits per heavy atom. The minimum absolute atomic E-state index is 0.0118. The van der Waals surface area contributed by atoms with Gasteiger partial charge in [0.15, 0.2) is 5.82 Å². The van der Waals surface area contributed by atoms with Gasteiger partial charge in [-0.05, 0) is 38.8 Å². The molecule has 2 aromatic rings. The van der Waals surface area contributed by atoms with E-state index in [4.69, 9.17) is 4.74 Å². The fraction of sp³-hybridized carbons (Fsp3) is 0.524. The van der Waals surface area contributed by atoms with Crippen molar-refractivity contribution in [1.29, 1.82) is 0 Å². The van der Waals surface area contributed by atoms with Crippen molar-refractivity contribution < 1.29 is 14.3 Å². The van der Waals surface area contributed by atoms with Crippen molar-refractivity contribution >= 4 is 28.9 Å². The van der Waals surface area contributed by atoms with Crippen molar-refractivity contribution in [3.8, 4) is 0 Å². The number of ether oxygens (including phenoxy) is 1. The highest BCUT2D eigenvalue weighted by Gasteiger charge is 2.24. The SMILES string of the molecule is CCOC(=O)CCNC(=O)NC1CCN(c2nc3ccccc3n(CC)c2=O)CC1. The molecule has 0 radical (unpaired) electrons. The number of nitrogens with one attached hydrogen (secondary N) is 2. The quantitative estimate of drug-likeness (QED) is 0.666. The highest BCUT2D eigenvalue weighted by molar-refractivity contribution is 5.77. The summed E-state index contributed by atoms with van der Waals surface area (Å²) in [5.74, 6) is 0.139. The molecule has 0 saturated carbocycles. The van der Waals surface area contributed by atoms with E-state index < -0.39 is 0 Å². The van der Waals surface area contributed by atoms with E-state index in [1.807, 2.05) is 36.1 Å². The van der Waals surface area contributed by atoms with Crippen LogP contribution in [0.2, 0.25) is 0 Å². The number of amides is 2. The van der Waals surface area contributed by atoms with Crippen LogP contribution in [0.3, 0.4) is 0 Å². The summed E-state index contributed by atoms with van der Waals surface area (Å²) in [5, 5.41) is 5.61. The van der Waals surface area contributed by atoms with Crippen LogP contribution in [0, 0.1) is 0 Å². The van der Waals surface area contributed by atoms with Crippen molar-refractivity contribution in [3.63, 3.8) is 0 Å². The summed E-state index contributed by atoms with van der Waals surface area (Å²) in [5.41, 5.74) is 1.55. The standard InChI is InChI=1S/C21H29N5O4/c1-3-26-17-8-6-5-7-16(17)24-19(20(26)28)25-13-10-15(11-14-25)23-21(29)22-12-9-18(27)30-4-2/h5-8,15H,3-4,9-14H2,1-2H3,(H2,22,23,29). The minimum Gasteiger partial charge on any atom is -0.466 e. The number of hydrogen-bond acceptors (Lipinski definition) is 6. The summed E-state index contributed by atoms with van der Waals surface area (Å²) in [6.45, 7) is 6.12. The molecule has 1 fully saturated rings. The van der Waals surface area contributed by atoms with E-state index in [0.29, 0.717) is 44.9 Å². The number of aromatic nitrogens is 2. The molecule has 0 atom stereocenters. The van der Waals surface area contributed by atoms with Crippen LogP contribution < -0.4 is 21.1 Å². The third-order valence-electron chi connectivity index (χ3n) is 5.20. The summed E-state index contributed by atoms with van der Waals surface area (Å²) in [4.78, 5) is 42.9. The fourth-order valence-corrected chi connectivity index (χ4v) is 3.68. The summed E-state index contributed by atoms with van der Waals surface area (Å²) in [7, 11) is 0. The average molecular weight is 415 g/mol. The number of benzene rings is 1. The van der Waals surface area contributed by atoms with Gasteiger partial charge in [0, 0.05) is 32.2 Å². The van der Waals surface area contributed by atoms with E-state index >= 15 is 0 Å². The molecule has 0 bridgehead atoms. The lowest BCUT2D eigenvalue weighted by Crippen LogP contribution is -2.49. The van der Waals surface area contributed by atoms with E-state index in [1.165, 1.54) is 0 Å². The first-order valence-electron chi connectivity index (χ1n) is 10.5. The molecule has 1 aromatic heterocycles. The van der Waals surface area contributed by atoms with Crippen LogP contribution in [-0.4, -0.2) is 53.8 Å². The molecule has 162 valence electrons. The van der Waals surface area contributed by atoms with Gasteiger partial charge < -0.3 is 24.8 Å². The largest absolute Gasteiger partial charge is 0.466 e. The zero-order valence-corrected chi connectivity index (χ0v) is 17.5. The van der Waals surface area contributed by atoms with Crippen LogP contribution in [0.15, 0.2) is 29.1 Å². The molecular weight excluding hydrogens is 386 g/mol. The monoisotopic (exact) mass is 415 g/mol. The zero-order valence-electron chi connectivity index (χ0n) is 17.5. The maximum atomic E-state index is 12.9. The molecule has 0 unspecified atom stereocenters. The Balaban J connectivity index is 1.56. The van der Waals surface area contributed by atoms with Crippen molar-refractivity contribution in [2.75, 3.05) is 31.1 Å². The summed E-state index contributed by atoms with van der Waals surface area (Å²) < 4.78 is 6.58. The number of para-hydroxylation sites is 2. The number of urea groups is 1. The van der Waals surface area contributed by atoms with Crippen LogP contribution in [-0.2, 0) is 16.1 Å². The minimum atomic E-state index is -0.327. The van der Waals surface area contributed by atoms with Crippen molar-refractivity contribution in [3.05, 3.63) is 34.6 Å². The van der Waals surface area contributed by atoms with Crippen LogP contribution in [0.1, 0.15) is 33.1 Å². The van der Waals surface area contributed by atoms with Crippen LogP contribution >= 0.6 is 0 Å². The predicted molar refractivity (Wildman–Crippen MR) is 115 cm³/mol. The lowest BCUT2D eigenvalue weighted by atomic mass is 10.1. The molecule has 9 heteroatoms. The second-order valence-electron chi connectivity index (χ2n) is 7.19. The third kappa shape index (κ3) is 5.08. The molecule has 3 rings (SSSR count). The number of nitrogens with zero attached hydrogens (tertiary/aromatic N) is 3. The second-order valence-corrected chi connectivity index (χ2v) is 7.19. The first-order valence-corrected chi connectivity index (χ1v) is 10.5. The molecule has 2 N–H and O–H groups in total. The second kappa shape index (κ2) is 10.1. The van der Waals surface area contributed by atoms with E-state index in [9.17, 15) is 14.4 Å². The first-order chi connectivity index (χ1) is 14.5. The van der Waals surface area contributed by atoms with Gasteiger partial charge in [-0.3, -0.25) is 9.59 Å². The number of carbonyl (C=O) groups excluding carboxylic acids is 2. The molecule has 1 aromatic carbocycles. The van der Waals surface area contributed by atoms with Crippen molar-refractivity contribution in [1.82, 2.24) is 20.2 Å². The number of carbonyl (C=O) groups is 2. The van der Waals surface area contributed by atoms with Gasteiger partial charge in [0.25, 0.3) is 5.56 Å². The normalized spacial score (nSPS) is 14.5. The molecule has 1 aliphatic heterocycles. The topological polar surface area (TPSA) is 106 Å². The molecular formula is C21H29N5O4. The van der Waals surface area contributed by atoms with Crippen LogP contribution in [0.4, 0.5) is 10.6 Å². The molecule has 0 aliphatic carbocycles. The molecule has 1 saturated heterocycles. The Bertz CT molecular complexity index is 950. The number of hydrogen-bond donors (Lipinski definition) is 2. The number of anilines is 1. The highest BCUT2D eigenvalue weighted by atomic mass is 16.5. The fourth-order valence-electron chi connectivity index (χ4n) is 3.68. The van der Waals surface area contributed by atoms with Crippen LogP contribution in [0.25, 0.3) is 11.0 Å². The van der Waals surface area contributed by atoms with E-state index in [-0.39, 0.29) is 36.6 Å². The van der Waals surface area contributed by atoms with E-state index in [2.05, 4.69) is 15.6 Å². The maximum absolute atomic E-state index is 12.9. The molecule has 2 heterocycles. The zero-order chi connectivity index (χ0) is 21.5. The summed E-state index contributed by atoms with van der Waals surface area (Å²) >= 11 is 0. The van der Waals surface area contributed by atoms with E-state index in [1.54, 1.807) is 11.5 Å². The maximum Gasteiger partial charge on any atom is 0.315 e. The molecule has 0 spiro atoms. The van der Waals surface area contributed by atoms with Gasteiger partial charge in [-0.1, -0.05) is 12.1 Å². The number of aryl methyl sites for hydroxylation is 1. The predicted octanol–water partition coefficient (Wildman–Crippen LogP) is 1.64. The smallest absolute Gasteiger partial charge is 0.315 e. The van der Waals surface area contributed by atoms with E-state index in [0.717, 1.165) is 11.0 Å². The number of esters is 1. The molecule has 2 amide bonds. The molecule has 9 nitrogen and oxygen atoms in total. The van der Waals surface area contributed by atoms with Gasteiger partial charge >= 0.3 is 12.0 Å². The Labute approximate surface area is 175 Å². The van der Waals surface area contributed by atoms with Gasteiger partial charge in [0.1, 0.15) is 0 Å². The van der Waals surface area contributed by atoms with Crippen molar-refractivity contribution in [2.24, 2.45) is 0 Å². The number of rotatable bonds is 7. The summed E-state index contributed by atoms with van der Waals surface area (Å²) in [6, 6.07) is 7.37. The Hall–Kier alpha value is -3.10. The van der Waals surface area contributed by atoms with Gasteiger partial charge in [-0.2, -0.15) is 0 Å². The van der Waals surface area contributed by atoms with Crippen molar-refractivity contribution in [2.45, 2.75) is 45.7 Å².